The number of hydrogen-bond donors (Lipinski definition) is 1. The van der Waals surface area contributed by atoms with Crippen LogP contribution in [0.4, 0.5) is 0 Å². The molecule has 4 rings (SSSR count). The number of methoxy groups -OCH3 is 2. The Morgan fingerprint density at radius 2 is 1.87 bits per heavy atom. The second-order valence-corrected chi connectivity index (χ2v) is 10.4. The number of allylic oxidation sites excluding steroid dienone is 1. The van der Waals surface area contributed by atoms with Gasteiger partial charge >= 0.3 is 5.97 Å². The number of rotatable bonds is 8. The summed E-state index contributed by atoms with van der Waals surface area (Å²) in [5.74, 6) is 0.828. The van der Waals surface area contributed by atoms with E-state index in [1.54, 1.807) is 50.3 Å². The van der Waals surface area contributed by atoms with Crippen molar-refractivity contribution in [3.8, 4) is 23.0 Å². The maximum atomic E-state index is 13.8. The lowest BCUT2D eigenvalue weighted by Crippen LogP contribution is -2.40. The molecule has 0 amide bonds. The first-order valence-electron chi connectivity index (χ1n) is 11.8. The molecule has 0 aliphatic carbocycles. The highest BCUT2D eigenvalue weighted by Crippen LogP contribution is 2.36. The van der Waals surface area contributed by atoms with Crippen LogP contribution in [0.5, 0.6) is 23.0 Å². The molecular weight excluding hydrogens is 623 g/mol. The molecule has 0 fully saturated rings. The fourth-order valence-corrected chi connectivity index (χ4v) is 5.90. The second-order valence-electron chi connectivity index (χ2n) is 8.20. The van der Waals surface area contributed by atoms with Gasteiger partial charge in [0.1, 0.15) is 0 Å². The van der Waals surface area contributed by atoms with E-state index in [2.05, 4.69) is 4.99 Å². The number of halogens is 1. The van der Waals surface area contributed by atoms with Crippen LogP contribution < -0.4 is 29.1 Å². The monoisotopic (exact) mass is 650 g/mol. The zero-order valence-electron chi connectivity index (χ0n) is 21.5. The van der Waals surface area contributed by atoms with E-state index in [0.717, 1.165) is 0 Å². The number of phenolic OH excluding ortho intramolecular Hbond substituents is 1. The molecule has 200 valence electrons. The predicted octanol–water partition coefficient (Wildman–Crippen LogP) is 3.52. The molecule has 0 saturated heterocycles. The molecule has 3 aromatic rings. The van der Waals surface area contributed by atoms with E-state index in [1.165, 1.54) is 30.1 Å². The summed E-state index contributed by atoms with van der Waals surface area (Å²) in [6.45, 7) is 5.85. The Hall–Kier alpha value is -3.32. The van der Waals surface area contributed by atoms with Crippen LogP contribution in [-0.2, 0) is 9.53 Å². The van der Waals surface area contributed by atoms with E-state index in [1.807, 2.05) is 29.5 Å². The van der Waals surface area contributed by atoms with Crippen molar-refractivity contribution in [1.82, 2.24) is 4.57 Å². The fourth-order valence-electron chi connectivity index (χ4n) is 4.22. The molecule has 1 aliphatic rings. The van der Waals surface area contributed by atoms with Gasteiger partial charge in [0.15, 0.2) is 27.8 Å². The van der Waals surface area contributed by atoms with Gasteiger partial charge in [0.05, 0.1) is 52.8 Å². The van der Waals surface area contributed by atoms with Crippen molar-refractivity contribution in [3.63, 3.8) is 0 Å². The first kappa shape index (κ1) is 27.7. The molecule has 9 nitrogen and oxygen atoms in total. The van der Waals surface area contributed by atoms with Crippen LogP contribution in [0.15, 0.2) is 51.4 Å². The summed E-state index contributed by atoms with van der Waals surface area (Å²) < 4.78 is 24.3. The van der Waals surface area contributed by atoms with Crippen molar-refractivity contribution in [2.45, 2.75) is 26.8 Å². The molecule has 0 radical (unpaired) electrons. The smallest absolute Gasteiger partial charge is 0.338 e. The number of esters is 1. The van der Waals surface area contributed by atoms with Gasteiger partial charge in [0, 0.05) is 0 Å². The minimum absolute atomic E-state index is 0.0502. The minimum atomic E-state index is -0.786. The Morgan fingerprint density at radius 1 is 1.13 bits per heavy atom. The third-order valence-electron chi connectivity index (χ3n) is 5.89. The Morgan fingerprint density at radius 3 is 2.53 bits per heavy atom. The Labute approximate surface area is 236 Å². The predicted molar refractivity (Wildman–Crippen MR) is 152 cm³/mol. The average molecular weight is 650 g/mol. The van der Waals surface area contributed by atoms with Gasteiger partial charge in [-0.2, -0.15) is 0 Å². The van der Waals surface area contributed by atoms with Crippen LogP contribution in [0.1, 0.15) is 37.9 Å². The molecule has 1 unspecified atom stereocenters. The first-order valence-corrected chi connectivity index (χ1v) is 13.7. The summed E-state index contributed by atoms with van der Waals surface area (Å²) >= 11 is 3.23. The van der Waals surface area contributed by atoms with E-state index >= 15 is 0 Å². The van der Waals surface area contributed by atoms with Crippen LogP contribution in [-0.4, -0.2) is 43.1 Å². The van der Waals surface area contributed by atoms with Gasteiger partial charge in [-0.15, -0.1) is 0 Å². The third-order valence-corrected chi connectivity index (χ3v) is 7.69. The number of carbonyl (C=O) groups is 1. The Bertz CT molecular complexity index is 1610. The van der Waals surface area contributed by atoms with E-state index in [-0.39, 0.29) is 23.5 Å². The molecular formula is C27H27IN2O7S. The maximum absolute atomic E-state index is 13.8. The van der Waals surface area contributed by atoms with Crippen LogP contribution in [0.25, 0.3) is 6.08 Å². The lowest BCUT2D eigenvalue weighted by Gasteiger charge is -2.25. The van der Waals surface area contributed by atoms with Gasteiger partial charge in [0.25, 0.3) is 5.56 Å². The van der Waals surface area contributed by atoms with Crippen molar-refractivity contribution in [1.29, 1.82) is 0 Å². The van der Waals surface area contributed by atoms with Crippen molar-refractivity contribution in [3.05, 3.63) is 76.0 Å². The SMILES string of the molecule is CCOC(=O)C1=C(C)N=c2sc(=Cc3cc(I)c(O)c(OCC)c3)c(=O)n2C1c1ccc(OC)c(OC)c1. The average Bonchev–Trinajstić information content (AvgIpc) is 3.19. The molecule has 0 saturated carbocycles. The maximum Gasteiger partial charge on any atom is 0.338 e. The molecule has 2 aromatic carbocycles. The highest BCUT2D eigenvalue weighted by Gasteiger charge is 2.34. The van der Waals surface area contributed by atoms with Crippen molar-refractivity contribution < 1.29 is 28.8 Å². The third kappa shape index (κ3) is 5.17. The lowest BCUT2D eigenvalue weighted by atomic mass is 9.95. The van der Waals surface area contributed by atoms with Crippen LogP contribution in [0.3, 0.4) is 0 Å². The number of aromatic nitrogens is 1. The summed E-state index contributed by atoms with van der Waals surface area (Å²) in [7, 11) is 3.06. The quantitative estimate of drug-likeness (QED) is 0.294. The molecule has 38 heavy (non-hydrogen) atoms. The highest BCUT2D eigenvalue weighted by molar-refractivity contribution is 14.1. The van der Waals surface area contributed by atoms with E-state index in [0.29, 0.717) is 53.6 Å². The fraction of sp³-hybridized carbons (Fsp3) is 0.296. The molecule has 1 atom stereocenters. The number of fused-ring (bicyclic) bond motifs is 1. The summed E-state index contributed by atoms with van der Waals surface area (Å²) in [5, 5.41) is 10.3. The zero-order valence-corrected chi connectivity index (χ0v) is 24.5. The largest absolute Gasteiger partial charge is 0.504 e. The zero-order chi connectivity index (χ0) is 27.6. The first-order chi connectivity index (χ1) is 18.2. The topological polar surface area (TPSA) is 109 Å². The number of phenols is 1. The normalized spacial score (nSPS) is 15.1. The number of ether oxygens (including phenoxy) is 4. The Balaban J connectivity index is 1.96. The second kappa shape index (κ2) is 11.6. The summed E-state index contributed by atoms with van der Waals surface area (Å²) in [6.07, 6.45) is 1.73. The van der Waals surface area contributed by atoms with Gasteiger partial charge in [-0.05, 0) is 84.8 Å². The van der Waals surface area contributed by atoms with Crippen molar-refractivity contribution in [2.75, 3.05) is 27.4 Å². The van der Waals surface area contributed by atoms with Crippen molar-refractivity contribution >= 4 is 46.0 Å². The number of benzene rings is 2. The van der Waals surface area contributed by atoms with E-state index in [9.17, 15) is 14.7 Å². The van der Waals surface area contributed by atoms with Gasteiger partial charge < -0.3 is 24.1 Å². The van der Waals surface area contributed by atoms with Crippen molar-refractivity contribution in [2.24, 2.45) is 4.99 Å². The van der Waals surface area contributed by atoms with Crippen LogP contribution >= 0.6 is 33.9 Å². The standard InChI is InChI=1S/C27H27IN2O7S/c1-6-36-20-11-15(10-17(28)24(20)31)12-21-25(32)30-23(16-8-9-18(34-4)19(13-16)35-5)22(26(33)37-7-2)14(3)29-27(30)38-21/h8-13,23,31H,6-7H2,1-5H3. The number of carbonyl (C=O) groups excluding carboxylic acids is 1. The van der Waals surface area contributed by atoms with Gasteiger partial charge in [-0.3, -0.25) is 9.36 Å². The molecule has 2 heterocycles. The van der Waals surface area contributed by atoms with Gasteiger partial charge in [-0.25, -0.2) is 9.79 Å². The van der Waals surface area contributed by atoms with E-state index < -0.39 is 12.0 Å². The van der Waals surface area contributed by atoms with Gasteiger partial charge in [-0.1, -0.05) is 17.4 Å². The minimum Gasteiger partial charge on any atom is -0.504 e. The molecule has 1 N–H and O–H groups in total. The molecule has 1 aliphatic heterocycles. The number of aromatic hydroxyl groups is 1. The van der Waals surface area contributed by atoms with Gasteiger partial charge in [0.2, 0.25) is 0 Å². The van der Waals surface area contributed by atoms with E-state index in [4.69, 9.17) is 18.9 Å². The lowest BCUT2D eigenvalue weighted by molar-refractivity contribution is -0.139. The number of nitrogens with zero attached hydrogens (tertiary/aromatic N) is 2. The summed E-state index contributed by atoms with van der Waals surface area (Å²) in [5.41, 5.74) is 1.75. The van der Waals surface area contributed by atoms with Crippen LogP contribution in [0, 0.1) is 3.57 Å². The number of hydrogen-bond acceptors (Lipinski definition) is 9. The summed E-state index contributed by atoms with van der Waals surface area (Å²) in [6, 6.07) is 7.92. The molecule has 0 bridgehead atoms. The Kier molecular flexibility index (Phi) is 8.46. The number of thiazole rings is 1. The van der Waals surface area contributed by atoms with Crippen LogP contribution in [0.2, 0.25) is 0 Å². The molecule has 0 spiro atoms. The molecule has 1 aromatic heterocycles. The highest BCUT2D eigenvalue weighted by atomic mass is 127. The molecule has 11 heteroatoms. The summed E-state index contributed by atoms with van der Waals surface area (Å²) in [4.78, 5) is 32.0.